The molecule has 1 aromatic carbocycles. The van der Waals surface area contributed by atoms with Gasteiger partial charge in [0.1, 0.15) is 0 Å². The number of methoxy groups -OCH3 is 2. The highest BCUT2D eigenvalue weighted by molar-refractivity contribution is 5.80. The number of carbonyl (C=O) groups is 1. The number of hydrogen-bond donors (Lipinski definition) is 1. The molecule has 1 heterocycles. The lowest BCUT2D eigenvalue weighted by molar-refractivity contribution is -0.130. The summed E-state index contributed by atoms with van der Waals surface area (Å²) in [5.41, 5.74) is 2.08. The maximum atomic E-state index is 11.5. The van der Waals surface area contributed by atoms with Crippen molar-refractivity contribution in [3.63, 3.8) is 0 Å². The van der Waals surface area contributed by atoms with Crippen molar-refractivity contribution in [1.82, 2.24) is 15.1 Å². The Morgan fingerprint density at radius 1 is 1.21 bits per heavy atom. The third kappa shape index (κ3) is 5.41. The van der Waals surface area contributed by atoms with Gasteiger partial charge in [0.2, 0.25) is 5.91 Å². The molecule has 0 saturated carbocycles. The fourth-order valence-corrected chi connectivity index (χ4v) is 3.33. The van der Waals surface area contributed by atoms with Crippen LogP contribution >= 0.6 is 0 Å². The smallest absolute Gasteiger partial charge is 0.219 e. The normalized spacial score (nSPS) is 14.6. The van der Waals surface area contributed by atoms with Crippen LogP contribution in [0.5, 0.6) is 11.5 Å². The van der Waals surface area contributed by atoms with Gasteiger partial charge in [0, 0.05) is 45.2 Å². The minimum absolute atomic E-state index is 0.127. The lowest BCUT2D eigenvalue weighted by Crippen LogP contribution is -2.53. The first-order valence-corrected chi connectivity index (χ1v) is 9.67. The van der Waals surface area contributed by atoms with E-state index in [4.69, 9.17) is 14.5 Å². The molecular formula is C21H32N4O3. The predicted octanol–water partition coefficient (Wildman–Crippen LogP) is 2.06. The van der Waals surface area contributed by atoms with E-state index in [0.717, 1.165) is 55.6 Å². The Balaban J connectivity index is 2.19. The first-order valence-electron chi connectivity index (χ1n) is 9.67. The number of piperazine rings is 1. The Kier molecular flexibility index (Phi) is 8.17. The zero-order valence-corrected chi connectivity index (χ0v) is 17.5. The molecule has 1 aliphatic rings. The summed E-state index contributed by atoms with van der Waals surface area (Å²) in [6, 6.07) is 4.05. The molecule has 28 heavy (non-hydrogen) atoms. The van der Waals surface area contributed by atoms with E-state index in [-0.39, 0.29) is 5.91 Å². The van der Waals surface area contributed by atoms with Crippen molar-refractivity contribution in [2.24, 2.45) is 4.99 Å². The van der Waals surface area contributed by atoms with Gasteiger partial charge in [-0.25, -0.2) is 4.99 Å². The second kappa shape index (κ2) is 10.6. The first kappa shape index (κ1) is 21.6. The summed E-state index contributed by atoms with van der Waals surface area (Å²) in [5, 5.41) is 3.36. The third-order valence-corrected chi connectivity index (χ3v) is 4.75. The molecule has 1 saturated heterocycles. The molecule has 0 aliphatic carbocycles. The summed E-state index contributed by atoms with van der Waals surface area (Å²) in [6.45, 7) is 11.8. The van der Waals surface area contributed by atoms with Crippen LogP contribution in [0.15, 0.2) is 29.8 Å². The Bertz CT molecular complexity index is 710. The van der Waals surface area contributed by atoms with Crippen molar-refractivity contribution in [3.05, 3.63) is 35.9 Å². The minimum Gasteiger partial charge on any atom is -0.493 e. The van der Waals surface area contributed by atoms with Crippen LogP contribution < -0.4 is 14.8 Å². The molecule has 1 aliphatic heterocycles. The van der Waals surface area contributed by atoms with Crippen molar-refractivity contribution >= 4 is 11.9 Å². The van der Waals surface area contributed by atoms with Crippen LogP contribution in [0.4, 0.5) is 0 Å². The zero-order chi connectivity index (χ0) is 20.5. The minimum atomic E-state index is 0.127. The fourth-order valence-electron chi connectivity index (χ4n) is 3.33. The molecule has 7 nitrogen and oxygen atoms in total. The number of nitrogens with zero attached hydrogens (tertiary/aromatic N) is 3. The van der Waals surface area contributed by atoms with Crippen molar-refractivity contribution in [1.29, 1.82) is 0 Å². The predicted molar refractivity (Wildman–Crippen MR) is 112 cm³/mol. The van der Waals surface area contributed by atoms with Crippen LogP contribution in [-0.4, -0.2) is 68.6 Å². The van der Waals surface area contributed by atoms with E-state index in [1.807, 2.05) is 17.0 Å². The molecule has 7 heteroatoms. The molecule has 0 unspecified atom stereocenters. The number of allylic oxidation sites excluding steroid dienone is 1. The second-order valence-electron chi connectivity index (χ2n) is 6.65. The number of ether oxygens (including phenoxy) is 2. The largest absolute Gasteiger partial charge is 0.493 e. The summed E-state index contributed by atoms with van der Waals surface area (Å²) in [5.74, 6) is 2.43. The molecule has 0 bridgehead atoms. The zero-order valence-electron chi connectivity index (χ0n) is 17.5. The highest BCUT2D eigenvalue weighted by atomic mass is 16.5. The van der Waals surface area contributed by atoms with E-state index in [1.54, 1.807) is 21.1 Å². The number of hydrogen-bond acceptors (Lipinski definition) is 4. The molecule has 1 N–H and O–H groups in total. The molecule has 1 aromatic rings. The van der Waals surface area contributed by atoms with E-state index >= 15 is 0 Å². The standard InChI is InChI=1S/C21H32N4O3/c1-6-8-18-13-17(14-19(27-4)20(18)28-5)15-23-21(22-7-2)25-11-9-24(10-12-25)16(3)26/h6,13-14H,1,7-12,15H2,2-5H3,(H,22,23). The van der Waals surface area contributed by atoms with Crippen LogP contribution in [0.25, 0.3) is 0 Å². The quantitative estimate of drug-likeness (QED) is 0.440. The summed E-state index contributed by atoms with van der Waals surface area (Å²) in [4.78, 5) is 20.4. The topological polar surface area (TPSA) is 66.4 Å². The van der Waals surface area contributed by atoms with Crippen LogP contribution in [0.3, 0.4) is 0 Å². The molecule has 154 valence electrons. The van der Waals surface area contributed by atoms with Gasteiger partial charge in [-0.1, -0.05) is 6.08 Å². The number of rotatable bonds is 7. The molecule has 0 aromatic heterocycles. The maximum Gasteiger partial charge on any atom is 0.219 e. The van der Waals surface area contributed by atoms with Gasteiger partial charge in [-0.3, -0.25) is 4.79 Å². The Morgan fingerprint density at radius 3 is 2.43 bits per heavy atom. The van der Waals surface area contributed by atoms with Gasteiger partial charge in [-0.05, 0) is 31.0 Å². The third-order valence-electron chi connectivity index (χ3n) is 4.75. The van der Waals surface area contributed by atoms with Gasteiger partial charge in [-0.2, -0.15) is 0 Å². The number of carbonyl (C=O) groups excluding carboxylic acids is 1. The highest BCUT2D eigenvalue weighted by Gasteiger charge is 2.21. The number of aliphatic imine (C=N–C) groups is 1. The molecular weight excluding hydrogens is 356 g/mol. The fraction of sp³-hybridized carbons (Fsp3) is 0.524. The molecule has 1 fully saturated rings. The van der Waals surface area contributed by atoms with E-state index in [0.29, 0.717) is 18.7 Å². The molecule has 2 rings (SSSR count). The van der Waals surface area contributed by atoms with Crippen molar-refractivity contribution in [3.8, 4) is 11.5 Å². The van der Waals surface area contributed by atoms with Crippen molar-refractivity contribution in [2.75, 3.05) is 46.9 Å². The van der Waals surface area contributed by atoms with E-state index < -0.39 is 0 Å². The Hall–Kier alpha value is -2.70. The van der Waals surface area contributed by atoms with Crippen LogP contribution in [0.1, 0.15) is 25.0 Å². The van der Waals surface area contributed by atoms with Gasteiger partial charge in [0.05, 0.1) is 20.8 Å². The average molecular weight is 389 g/mol. The van der Waals surface area contributed by atoms with E-state index in [1.165, 1.54) is 0 Å². The summed E-state index contributed by atoms with van der Waals surface area (Å²) in [6.07, 6.45) is 2.55. The molecule has 0 radical (unpaired) electrons. The number of amides is 1. The maximum absolute atomic E-state index is 11.5. The van der Waals surface area contributed by atoms with E-state index in [9.17, 15) is 4.79 Å². The van der Waals surface area contributed by atoms with Gasteiger partial charge in [0.15, 0.2) is 17.5 Å². The summed E-state index contributed by atoms with van der Waals surface area (Å²) < 4.78 is 11.0. The second-order valence-corrected chi connectivity index (χ2v) is 6.65. The van der Waals surface area contributed by atoms with Crippen molar-refractivity contribution in [2.45, 2.75) is 26.8 Å². The number of guanidine groups is 1. The van der Waals surface area contributed by atoms with E-state index in [2.05, 4.69) is 29.8 Å². The van der Waals surface area contributed by atoms with Crippen molar-refractivity contribution < 1.29 is 14.3 Å². The van der Waals surface area contributed by atoms with Gasteiger partial charge in [-0.15, -0.1) is 6.58 Å². The lowest BCUT2D eigenvalue weighted by Gasteiger charge is -2.36. The van der Waals surface area contributed by atoms with Gasteiger partial charge in [0.25, 0.3) is 0 Å². The number of benzene rings is 1. The van der Waals surface area contributed by atoms with Gasteiger partial charge < -0.3 is 24.6 Å². The highest BCUT2D eigenvalue weighted by Crippen LogP contribution is 2.33. The van der Waals surface area contributed by atoms with Crippen LogP contribution in [-0.2, 0) is 17.8 Å². The lowest BCUT2D eigenvalue weighted by atomic mass is 10.1. The molecule has 0 spiro atoms. The van der Waals surface area contributed by atoms with Crippen LogP contribution in [0.2, 0.25) is 0 Å². The SMILES string of the molecule is C=CCc1cc(CN=C(NCC)N2CCN(C(C)=O)CC2)cc(OC)c1OC. The monoisotopic (exact) mass is 388 g/mol. The van der Waals surface area contributed by atoms with Crippen LogP contribution in [0, 0.1) is 0 Å². The molecule has 1 amide bonds. The summed E-state index contributed by atoms with van der Waals surface area (Å²) in [7, 11) is 3.29. The average Bonchev–Trinajstić information content (AvgIpc) is 2.71. The van der Waals surface area contributed by atoms with Gasteiger partial charge >= 0.3 is 0 Å². The molecule has 0 atom stereocenters. The Labute approximate surface area is 168 Å². The first-order chi connectivity index (χ1) is 13.5. The Morgan fingerprint density at radius 2 is 1.89 bits per heavy atom. The summed E-state index contributed by atoms with van der Waals surface area (Å²) >= 11 is 0. The number of nitrogens with one attached hydrogen (secondary N) is 1.